The number of para-hydroxylation sites is 1. The number of carbonyl (C=O) groups is 1. The lowest BCUT2D eigenvalue weighted by Gasteiger charge is -2.01. The van der Waals surface area contributed by atoms with Crippen molar-refractivity contribution in [2.75, 3.05) is 5.32 Å². The van der Waals surface area contributed by atoms with E-state index in [1.807, 2.05) is 30.3 Å². The van der Waals surface area contributed by atoms with Crippen molar-refractivity contribution in [2.45, 2.75) is 6.92 Å². The third-order valence-electron chi connectivity index (χ3n) is 2.56. The van der Waals surface area contributed by atoms with Crippen LogP contribution in [-0.4, -0.2) is 10.9 Å². The highest BCUT2D eigenvalue weighted by Crippen LogP contribution is 2.15. The van der Waals surface area contributed by atoms with Crippen LogP contribution in [0.2, 0.25) is 0 Å². The molecule has 0 radical (unpaired) electrons. The van der Waals surface area contributed by atoms with E-state index in [0.717, 1.165) is 11.8 Å². The van der Waals surface area contributed by atoms with E-state index in [4.69, 9.17) is 4.42 Å². The highest BCUT2D eigenvalue weighted by Gasteiger charge is 2.15. The predicted octanol–water partition coefficient (Wildman–Crippen LogP) is 2.46. The van der Waals surface area contributed by atoms with Crippen LogP contribution >= 0.6 is 0 Å². The van der Waals surface area contributed by atoms with E-state index in [-0.39, 0.29) is 17.1 Å². The van der Waals surface area contributed by atoms with Gasteiger partial charge in [-0.15, -0.1) is 0 Å². The van der Waals surface area contributed by atoms with Crippen molar-refractivity contribution in [3.63, 3.8) is 0 Å². The van der Waals surface area contributed by atoms with Crippen molar-refractivity contribution in [2.24, 2.45) is 0 Å². The lowest BCUT2D eigenvalue weighted by molar-refractivity contribution is 0.104. The Hall–Kier alpha value is -2.82. The van der Waals surface area contributed by atoms with Crippen LogP contribution in [0.15, 0.2) is 57.9 Å². The van der Waals surface area contributed by atoms with Gasteiger partial charge in [-0.25, -0.2) is 4.79 Å². The molecule has 5 nitrogen and oxygen atoms in total. The molecule has 2 N–H and O–H groups in total. The molecule has 0 amide bonds. The Morgan fingerprint density at radius 1 is 1.30 bits per heavy atom. The molecule has 0 aliphatic rings. The fourth-order valence-corrected chi connectivity index (χ4v) is 1.65. The molecule has 2 aromatic rings. The highest BCUT2D eigenvalue weighted by molar-refractivity contribution is 6.06. The van der Waals surface area contributed by atoms with Crippen LogP contribution in [0.1, 0.15) is 16.1 Å². The number of hydrogen-bond acceptors (Lipinski definition) is 5. The Labute approximate surface area is 115 Å². The van der Waals surface area contributed by atoms with E-state index >= 15 is 0 Å². The first-order chi connectivity index (χ1) is 9.58. The smallest absolute Gasteiger partial charge is 0.351 e. The minimum atomic E-state index is -0.850. The number of carbonyl (C=O) groups excluding carboxylic acids is 1. The second-order valence-corrected chi connectivity index (χ2v) is 4.11. The molecule has 0 fully saturated rings. The number of benzene rings is 1. The highest BCUT2D eigenvalue weighted by atomic mass is 16.4. The summed E-state index contributed by atoms with van der Waals surface area (Å²) < 4.78 is 4.78. The van der Waals surface area contributed by atoms with Gasteiger partial charge in [-0.3, -0.25) is 4.79 Å². The Morgan fingerprint density at radius 3 is 2.65 bits per heavy atom. The van der Waals surface area contributed by atoms with Crippen LogP contribution in [-0.2, 0) is 0 Å². The average molecular weight is 271 g/mol. The molecule has 0 spiro atoms. The van der Waals surface area contributed by atoms with Crippen molar-refractivity contribution in [3.05, 3.63) is 70.4 Å². The van der Waals surface area contributed by atoms with Gasteiger partial charge in [0, 0.05) is 24.0 Å². The molecular formula is C15H13NO4. The predicted molar refractivity (Wildman–Crippen MR) is 74.9 cm³/mol. The van der Waals surface area contributed by atoms with E-state index in [1.54, 1.807) is 0 Å². The maximum atomic E-state index is 11.8. The molecule has 0 aliphatic heterocycles. The second kappa shape index (κ2) is 5.88. The molecule has 0 saturated heterocycles. The molecule has 102 valence electrons. The van der Waals surface area contributed by atoms with Gasteiger partial charge in [0.1, 0.15) is 17.1 Å². The van der Waals surface area contributed by atoms with E-state index < -0.39 is 11.4 Å². The van der Waals surface area contributed by atoms with Gasteiger partial charge in [-0.05, 0) is 19.1 Å². The Morgan fingerprint density at radius 2 is 2.00 bits per heavy atom. The Balaban J connectivity index is 2.15. The van der Waals surface area contributed by atoms with E-state index in [1.165, 1.54) is 19.2 Å². The zero-order chi connectivity index (χ0) is 14.5. The van der Waals surface area contributed by atoms with Gasteiger partial charge in [0.05, 0.1) is 0 Å². The first-order valence-electron chi connectivity index (χ1n) is 5.94. The number of allylic oxidation sites excluding steroid dienone is 1. The number of aryl methyl sites for hydroxylation is 1. The monoisotopic (exact) mass is 271 g/mol. The Kier molecular flexibility index (Phi) is 4.00. The summed E-state index contributed by atoms with van der Waals surface area (Å²) in [4.78, 5) is 23.4. The molecule has 5 heteroatoms. The molecule has 0 bridgehead atoms. The van der Waals surface area contributed by atoms with Gasteiger partial charge in [-0.1, -0.05) is 18.2 Å². The van der Waals surface area contributed by atoms with Gasteiger partial charge in [-0.2, -0.15) is 0 Å². The summed E-state index contributed by atoms with van der Waals surface area (Å²) in [5, 5.41) is 12.5. The summed E-state index contributed by atoms with van der Waals surface area (Å²) in [5.74, 6) is -0.761. The summed E-state index contributed by atoms with van der Waals surface area (Å²) in [6, 6.07) is 10.4. The van der Waals surface area contributed by atoms with Crippen LogP contribution in [0, 0.1) is 6.92 Å². The van der Waals surface area contributed by atoms with Crippen molar-refractivity contribution in [1.29, 1.82) is 0 Å². The SMILES string of the molecule is Cc1cc(O)c(C(=O)/C=C/Nc2ccccc2)c(=O)o1. The first-order valence-corrected chi connectivity index (χ1v) is 5.94. The van der Waals surface area contributed by atoms with Crippen LogP contribution in [0.5, 0.6) is 5.75 Å². The largest absolute Gasteiger partial charge is 0.507 e. The fourth-order valence-electron chi connectivity index (χ4n) is 1.65. The second-order valence-electron chi connectivity index (χ2n) is 4.11. The summed E-state index contributed by atoms with van der Waals surface area (Å²) >= 11 is 0. The number of aromatic hydroxyl groups is 1. The van der Waals surface area contributed by atoms with Crippen molar-refractivity contribution >= 4 is 11.5 Å². The third-order valence-corrected chi connectivity index (χ3v) is 2.56. The summed E-state index contributed by atoms with van der Waals surface area (Å²) in [5.41, 5.74) is -0.421. The number of anilines is 1. The number of hydrogen-bond donors (Lipinski definition) is 2. The molecule has 1 aromatic carbocycles. The Bertz CT molecular complexity index is 702. The van der Waals surface area contributed by atoms with Crippen LogP contribution < -0.4 is 10.9 Å². The fraction of sp³-hybridized carbons (Fsp3) is 0.0667. The standard InChI is InChI=1S/C15H13NO4/c1-10-9-13(18)14(15(19)20-10)12(17)7-8-16-11-5-3-2-4-6-11/h2-9,16,18H,1H3/b8-7+. The topological polar surface area (TPSA) is 79.5 Å². The molecule has 0 saturated carbocycles. The van der Waals surface area contributed by atoms with Crippen LogP contribution in [0.4, 0.5) is 5.69 Å². The molecule has 20 heavy (non-hydrogen) atoms. The minimum absolute atomic E-state index is 0.246. The number of nitrogens with one attached hydrogen (secondary N) is 1. The van der Waals surface area contributed by atoms with Crippen LogP contribution in [0.25, 0.3) is 0 Å². The lowest BCUT2D eigenvalue weighted by Crippen LogP contribution is -2.13. The van der Waals surface area contributed by atoms with Gasteiger partial charge >= 0.3 is 5.63 Å². The summed E-state index contributed by atoms with van der Waals surface area (Å²) in [7, 11) is 0. The maximum Gasteiger partial charge on any atom is 0.351 e. The normalized spacial score (nSPS) is 10.7. The van der Waals surface area contributed by atoms with E-state index in [9.17, 15) is 14.7 Å². The van der Waals surface area contributed by atoms with Gasteiger partial charge in [0.25, 0.3) is 0 Å². The molecular weight excluding hydrogens is 258 g/mol. The zero-order valence-corrected chi connectivity index (χ0v) is 10.8. The summed E-state index contributed by atoms with van der Waals surface area (Å²) in [6.45, 7) is 1.52. The zero-order valence-electron chi connectivity index (χ0n) is 10.8. The van der Waals surface area contributed by atoms with E-state index in [2.05, 4.69) is 5.32 Å². The summed E-state index contributed by atoms with van der Waals surface area (Å²) in [6.07, 6.45) is 2.56. The molecule has 0 atom stereocenters. The lowest BCUT2D eigenvalue weighted by atomic mass is 10.1. The quantitative estimate of drug-likeness (QED) is 0.659. The maximum absolute atomic E-state index is 11.8. The number of ketones is 1. The van der Waals surface area contributed by atoms with Crippen LogP contribution in [0.3, 0.4) is 0 Å². The van der Waals surface area contributed by atoms with Crippen molar-refractivity contribution < 1.29 is 14.3 Å². The molecule has 0 aliphatic carbocycles. The molecule has 0 unspecified atom stereocenters. The molecule has 1 heterocycles. The average Bonchev–Trinajstić information content (AvgIpc) is 2.38. The third kappa shape index (κ3) is 3.14. The molecule has 2 rings (SSSR count). The van der Waals surface area contributed by atoms with Crippen molar-refractivity contribution in [3.8, 4) is 5.75 Å². The minimum Gasteiger partial charge on any atom is -0.507 e. The van der Waals surface area contributed by atoms with Gasteiger partial charge in [0.15, 0.2) is 5.78 Å². The van der Waals surface area contributed by atoms with Crippen molar-refractivity contribution in [1.82, 2.24) is 0 Å². The molecule has 1 aromatic heterocycles. The van der Waals surface area contributed by atoms with Gasteiger partial charge < -0.3 is 14.8 Å². The van der Waals surface area contributed by atoms with E-state index in [0.29, 0.717) is 0 Å². The first kappa shape index (κ1) is 13.6. The number of rotatable bonds is 4. The van der Waals surface area contributed by atoms with Gasteiger partial charge in [0.2, 0.25) is 0 Å².